The Morgan fingerprint density at radius 1 is 1.35 bits per heavy atom. The van der Waals surface area contributed by atoms with Crippen LogP contribution in [0.25, 0.3) is 0 Å². The Labute approximate surface area is 137 Å². The summed E-state index contributed by atoms with van der Waals surface area (Å²) in [7, 11) is 1.79. The zero-order valence-electron chi connectivity index (χ0n) is 14.1. The number of likely N-dealkylation sites (tertiary alicyclic amines) is 1. The molecule has 1 unspecified atom stereocenters. The molecule has 1 aromatic rings. The molecule has 1 atom stereocenters. The predicted octanol–water partition coefficient (Wildman–Crippen LogP) is 1.96. The summed E-state index contributed by atoms with van der Waals surface area (Å²) in [6.07, 6.45) is 6.34. The van der Waals surface area contributed by atoms with Gasteiger partial charge in [0.1, 0.15) is 0 Å². The van der Waals surface area contributed by atoms with Crippen LogP contribution in [-0.2, 0) is 24.1 Å². The third-order valence-corrected chi connectivity index (χ3v) is 5.28. The van der Waals surface area contributed by atoms with E-state index in [0.717, 1.165) is 69.4 Å². The summed E-state index contributed by atoms with van der Waals surface area (Å²) in [5, 5.41) is 13.8. The summed E-state index contributed by atoms with van der Waals surface area (Å²) in [4.78, 5) is 14.1. The second-order valence-electron chi connectivity index (χ2n) is 6.67. The molecule has 1 aliphatic carbocycles. The molecule has 2 heterocycles. The standard InChI is InChI=1S/C17H27N3O3/c1-3-8-20-15-5-4-12(11-14(15)16(18-20)17(21)22)19-9-6-13(23-2)7-10-19/h12-13H,3-11H2,1-2H3,(H,21,22). The van der Waals surface area contributed by atoms with Crippen molar-refractivity contribution in [2.45, 2.75) is 64.1 Å². The maximum atomic E-state index is 11.5. The van der Waals surface area contributed by atoms with Gasteiger partial charge in [-0.3, -0.25) is 9.58 Å². The molecule has 1 N–H and O–H groups in total. The summed E-state index contributed by atoms with van der Waals surface area (Å²) in [6, 6.07) is 0.442. The lowest BCUT2D eigenvalue weighted by molar-refractivity contribution is 0.0248. The van der Waals surface area contributed by atoms with Gasteiger partial charge in [0.25, 0.3) is 0 Å². The van der Waals surface area contributed by atoms with Crippen LogP contribution < -0.4 is 0 Å². The fraction of sp³-hybridized carbons (Fsp3) is 0.765. The molecule has 0 aromatic carbocycles. The van der Waals surface area contributed by atoms with Crippen molar-refractivity contribution in [2.24, 2.45) is 0 Å². The summed E-state index contributed by atoms with van der Waals surface area (Å²) in [5.41, 5.74) is 2.38. The highest BCUT2D eigenvalue weighted by Crippen LogP contribution is 2.29. The van der Waals surface area contributed by atoms with Crippen molar-refractivity contribution in [3.63, 3.8) is 0 Å². The van der Waals surface area contributed by atoms with E-state index in [1.54, 1.807) is 7.11 Å². The van der Waals surface area contributed by atoms with Crippen molar-refractivity contribution in [1.29, 1.82) is 0 Å². The van der Waals surface area contributed by atoms with Gasteiger partial charge in [-0.1, -0.05) is 6.92 Å². The van der Waals surface area contributed by atoms with Gasteiger partial charge in [0.2, 0.25) is 0 Å². The minimum absolute atomic E-state index is 0.268. The molecular formula is C17H27N3O3. The summed E-state index contributed by atoms with van der Waals surface area (Å²) in [6.45, 7) is 4.99. The van der Waals surface area contributed by atoms with Gasteiger partial charge in [0.15, 0.2) is 5.69 Å². The zero-order chi connectivity index (χ0) is 16.4. The van der Waals surface area contributed by atoms with Crippen LogP contribution in [0.1, 0.15) is 54.4 Å². The first-order valence-electron chi connectivity index (χ1n) is 8.72. The highest BCUT2D eigenvalue weighted by molar-refractivity contribution is 5.87. The summed E-state index contributed by atoms with van der Waals surface area (Å²) >= 11 is 0. The Bertz CT molecular complexity index is 562. The Morgan fingerprint density at radius 3 is 2.70 bits per heavy atom. The number of carbonyl (C=O) groups is 1. The number of carboxylic acids is 1. The van der Waals surface area contributed by atoms with Crippen LogP contribution in [0.2, 0.25) is 0 Å². The normalized spacial score (nSPS) is 23.0. The van der Waals surface area contributed by atoms with Crippen LogP contribution in [-0.4, -0.2) is 58.1 Å². The van der Waals surface area contributed by atoms with E-state index in [1.165, 1.54) is 0 Å². The molecule has 128 valence electrons. The molecule has 0 spiro atoms. The molecule has 6 heteroatoms. The SMILES string of the molecule is CCCn1nc(C(=O)O)c2c1CCC(N1CCC(OC)CC1)C2. The van der Waals surface area contributed by atoms with Crippen LogP contribution in [0.4, 0.5) is 0 Å². The van der Waals surface area contributed by atoms with Gasteiger partial charge < -0.3 is 9.84 Å². The van der Waals surface area contributed by atoms with E-state index in [2.05, 4.69) is 16.9 Å². The van der Waals surface area contributed by atoms with E-state index in [0.29, 0.717) is 12.1 Å². The average Bonchev–Trinajstić information content (AvgIpc) is 2.93. The molecule has 2 aliphatic rings. The van der Waals surface area contributed by atoms with Gasteiger partial charge in [-0.05, 0) is 38.5 Å². The molecule has 1 aromatic heterocycles. The van der Waals surface area contributed by atoms with E-state index >= 15 is 0 Å². The van der Waals surface area contributed by atoms with Crippen molar-refractivity contribution in [3.8, 4) is 0 Å². The Hall–Kier alpha value is -1.40. The first-order valence-corrected chi connectivity index (χ1v) is 8.72. The lowest BCUT2D eigenvalue weighted by atomic mass is 9.89. The number of methoxy groups -OCH3 is 1. The topological polar surface area (TPSA) is 67.6 Å². The third-order valence-electron chi connectivity index (χ3n) is 5.28. The molecule has 6 nitrogen and oxygen atoms in total. The lowest BCUT2D eigenvalue weighted by Gasteiger charge is -2.39. The van der Waals surface area contributed by atoms with Gasteiger partial charge in [-0.25, -0.2) is 4.79 Å². The highest BCUT2D eigenvalue weighted by atomic mass is 16.5. The van der Waals surface area contributed by atoms with Gasteiger partial charge in [0, 0.05) is 44.0 Å². The van der Waals surface area contributed by atoms with Crippen molar-refractivity contribution < 1.29 is 14.6 Å². The van der Waals surface area contributed by atoms with Crippen LogP contribution in [0, 0.1) is 0 Å². The quantitative estimate of drug-likeness (QED) is 0.898. The third kappa shape index (κ3) is 3.28. The minimum Gasteiger partial charge on any atom is -0.476 e. The lowest BCUT2D eigenvalue weighted by Crippen LogP contribution is -2.45. The molecule has 0 amide bonds. The Morgan fingerprint density at radius 2 is 2.09 bits per heavy atom. The first-order chi connectivity index (χ1) is 11.1. The van der Waals surface area contributed by atoms with Crippen molar-refractivity contribution in [1.82, 2.24) is 14.7 Å². The molecule has 0 bridgehead atoms. The number of carboxylic acid groups (broad SMARTS) is 1. The number of ether oxygens (including phenoxy) is 1. The van der Waals surface area contributed by atoms with Crippen LogP contribution in [0.3, 0.4) is 0 Å². The highest BCUT2D eigenvalue weighted by Gasteiger charge is 2.33. The van der Waals surface area contributed by atoms with Gasteiger partial charge in [-0.15, -0.1) is 0 Å². The number of aryl methyl sites for hydroxylation is 1. The van der Waals surface area contributed by atoms with Gasteiger partial charge in [0.05, 0.1) is 6.10 Å². The number of aromatic nitrogens is 2. The Kier molecular flexibility index (Phi) is 5.02. The number of piperidine rings is 1. The number of hydrogen-bond donors (Lipinski definition) is 1. The van der Waals surface area contributed by atoms with E-state index in [4.69, 9.17) is 4.74 Å². The molecule has 1 saturated heterocycles. The van der Waals surface area contributed by atoms with Crippen molar-refractivity contribution in [3.05, 3.63) is 17.0 Å². The summed E-state index contributed by atoms with van der Waals surface area (Å²) in [5.74, 6) is -0.894. The summed E-state index contributed by atoms with van der Waals surface area (Å²) < 4.78 is 7.37. The number of rotatable bonds is 5. The van der Waals surface area contributed by atoms with Crippen LogP contribution in [0.15, 0.2) is 0 Å². The van der Waals surface area contributed by atoms with Gasteiger partial charge >= 0.3 is 5.97 Å². The maximum absolute atomic E-state index is 11.5. The number of hydrogen-bond acceptors (Lipinski definition) is 4. The van der Waals surface area contributed by atoms with E-state index in [9.17, 15) is 9.90 Å². The molecule has 3 rings (SSSR count). The molecule has 1 aliphatic heterocycles. The van der Waals surface area contributed by atoms with E-state index in [1.807, 2.05) is 4.68 Å². The molecule has 0 radical (unpaired) electrons. The number of fused-ring (bicyclic) bond motifs is 1. The monoisotopic (exact) mass is 321 g/mol. The first kappa shape index (κ1) is 16.5. The van der Waals surface area contributed by atoms with Crippen LogP contribution >= 0.6 is 0 Å². The largest absolute Gasteiger partial charge is 0.476 e. The fourth-order valence-electron chi connectivity index (χ4n) is 4.03. The van der Waals surface area contributed by atoms with E-state index < -0.39 is 5.97 Å². The molecule has 23 heavy (non-hydrogen) atoms. The number of aromatic carboxylic acids is 1. The zero-order valence-corrected chi connectivity index (χ0v) is 14.1. The van der Waals surface area contributed by atoms with Gasteiger partial charge in [-0.2, -0.15) is 5.10 Å². The fourth-order valence-corrected chi connectivity index (χ4v) is 4.03. The second kappa shape index (κ2) is 7.01. The second-order valence-corrected chi connectivity index (χ2v) is 6.67. The minimum atomic E-state index is -0.894. The number of nitrogens with zero attached hydrogens (tertiary/aromatic N) is 3. The molecular weight excluding hydrogens is 294 g/mol. The predicted molar refractivity (Wildman–Crippen MR) is 86.9 cm³/mol. The molecule has 1 fully saturated rings. The van der Waals surface area contributed by atoms with Crippen LogP contribution in [0.5, 0.6) is 0 Å². The van der Waals surface area contributed by atoms with Crippen molar-refractivity contribution in [2.75, 3.05) is 20.2 Å². The van der Waals surface area contributed by atoms with Crippen molar-refractivity contribution >= 4 is 5.97 Å². The Balaban J connectivity index is 1.76. The van der Waals surface area contributed by atoms with E-state index in [-0.39, 0.29) is 5.69 Å². The average molecular weight is 321 g/mol. The smallest absolute Gasteiger partial charge is 0.356 e. The maximum Gasteiger partial charge on any atom is 0.356 e. The molecule has 0 saturated carbocycles.